The van der Waals surface area contributed by atoms with Gasteiger partial charge >= 0.3 is 6.18 Å². The summed E-state index contributed by atoms with van der Waals surface area (Å²) in [5.74, 6) is -0.942. The second kappa shape index (κ2) is 5.11. The Balaban J connectivity index is 2.34. The molecule has 0 radical (unpaired) electrons. The van der Waals surface area contributed by atoms with E-state index in [-0.39, 0.29) is 17.2 Å². The van der Waals surface area contributed by atoms with Crippen molar-refractivity contribution in [2.75, 3.05) is 5.32 Å². The predicted octanol–water partition coefficient (Wildman–Crippen LogP) is 1.73. The first-order valence-corrected chi connectivity index (χ1v) is 5.29. The third kappa shape index (κ3) is 2.99. The highest BCUT2D eigenvalue weighted by molar-refractivity contribution is 5.96. The van der Waals surface area contributed by atoms with Crippen molar-refractivity contribution < 1.29 is 18.0 Å². The summed E-state index contributed by atoms with van der Waals surface area (Å²) >= 11 is 0. The number of carbonyl (C=O) groups is 1. The van der Waals surface area contributed by atoms with Crippen molar-refractivity contribution in [2.24, 2.45) is 5.73 Å². The van der Waals surface area contributed by atoms with Crippen LogP contribution in [0.4, 0.5) is 24.7 Å². The minimum absolute atomic E-state index is 0.0877. The SMILES string of the molecule is NC(=O)c1nnccc1Nc1cc(C(F)(F)F)ccn1. The Morgan fingerprint density at radius 3 is 2.65 bits per heavy atom. The molecule has 0 saturated carbocycles. The summed E-state index contributed by atoms with van der Waals surface area (Å²) in [6.45, 7) is 0. The molecule has 0 aliphatic carbocycles. The van der Waals surface area contributed by atoms with Crippen LogP contribution >= 0.6 is 0 Å². The minimum atomic E-state index is -4.48. The van der Waals surface area contributed by atoms with Crippen LogP contribution in [0, 0.1) is 0 Å². The number of alkyl halides is 3. The molecule has 20 heavy (non-hydrogen) atoms. The molecule has 0 unspecified atom stereocenters. The van der Waals surface area contributed by atoms with E-state index in [9.17, 15) is 18.0 Å². The van der Waals surface area contributed by atoms with E-state index in [1.165, 1.54) is 12.3 Å². The molecule has 2 heterocycles. The Hall–Kier alpha value is -2.71. The van der Waals surface area contributed by atoms with Crippen molar-refractivity contribution in [1.82, 2.24) is 15.2 Å². The van der Waals surface area contributed by atoms with Crippen LogP contribution in [0.5, 0.6) is 0 Å². The lowest BCUT2D eigenvalue weighted by molar-refractivity contribution is -0.137. The van der Waals surface area contributed by atoms with E-state index in [1.807, 2.05) is 0 Å². The average Bonchev–Trinajstić information content (AvgIpc) is 2.38. The zero-order valence-electron chi connectivity index (χ0n) is 9.85. The molecule has 0 saturated heterocycles. The van der Waals surface area contributed by atoms with Crippen molar-refractivity contribution in [3.8, 4) is 0 Å². The van der Waals surface area contributed by atoms with E-state index in [4.69, 9.17) is 5.73 Å². The first kappa shape index (κ1) is 13.7. The van der Waals surface area contributed by atoms with Gasteiger partial charge in [-0.3, -0.25) is 4.79 Å². The molecular weight excluding hydrogens is 275 g/mol. The zero-order chi connectivity index (χ0) is 14.8. The summed E-state index contributed by atoms with van der Waals surface area (Å²) in [6, 6.07) is 3.01. The van der Waals surface area contributed by atoms with Crippen molar-refractivity contribution in [2.45, 2.75) is 6.18 Å². The van der Waals surface area contributed by atoms with Gasteiger partial charge in [-0.15, -0.1) is 5.10 Å². The maximum atomic E-state index is 12.6. The summed E-state index contributed by atoms with van der Waals surface area (Å²) in [4.78, 5) is 14.9. The van der Waals surface area contributed by atoms with Crippen molar-refractivity contribution in [3.63, 3.8) is 0 Å². The van der Waals surface area contributed by atoms with Crippen LogP contribution in [0.2, 0.25) is 0 Å². The Morgan fingerprint density at radius 1 is 1.25 bits per heavy atom. The summed E-state index contributed by atoms with van der Waals surface area (Å²) in [7, 11) is 0. The Morgan fingerprint density at radius 2 is 2.00 bits per heavy atom. The van der Waals surface area contributed by atoms with Gasteiger partial charge in [-0.05, 0) is 18.2 Å². The van der Waals surface area contributed by atoms with Gasteiger partial charge < -0.3 is 11.1 Å². The first-order valence-electron chi connectivity index (χ1n) is 5.29. The number of halogens is 3. The largest absolute Gasteiger partial charge is 0.416 e. The van der Waals surface area contributed by atoms with Crippen LogP contribution in [0.15, 0.2) is 30.6 Å². The number of nitrogens with two attached hydrogens (primary N) is 1. The highest BCUT2D eigenvalue weighted by Crippen LogP contribution is 2.30. The van der Waals surface area contributed by atoms with E-state index in [1.54, 1.807) is 0 Å². The second-order valence-electron chi connectivity index (χ2n) is 3.71. The van der Waals surface area contributed by atoms with Gasteiger partial charge in [0.1, 0.15) is 5.82 Å². The number of carbonyl (C=O) groups excluding carboxylic acids is 1. The molecule has 9 heteroatoms. The van der Waals surface area contributed by atoms with Crippen molar-refractivity contribution >= 4 is 17.4 Å². The molecule has 2 rings (SSSR count). The molecular formula is C11H8F3N5O. The van der Waals surface area contributed by atoms with Crippen LogP contribution in [0.3, 0.4) is 0 Å². The van der Waals surface area contributed by atoms with Gasteiger partial charge in [-0.25, -0.2) is 4.98 Å². The molecule has 3 N–H and O–H groups in total. The second-order valence-corrected chi connectivity index (χ2v) is 3.71. The highest BCUT2D eigenvalue weighted by Gasteiger charge is 2.30. The summed E-state index contributed by atoms with van der Waals surface area (Å²) in [5, 5.41) is 9.53. The van der Waals surface area contributed by atoms with Crippen molar-refractivity contribution in [3.05, 3.63) is 41.9 Å². The molecule has 0 bridgehead atoms. The third-order valence-electron chi connectivity index (χ3n) is 2.30. The lowest BCUT2D eigenvalue weighted by Gasteiger charge is -2.10. The zero-order valence-corrected chi connectivity index (χ0v) is 9.85. The number of rotatable bonds is 3. The topological polar surface area (TPSA) is 93.8 Å². The van der Waals surface area contributed by atoms with Crippen molar-refractivity contribution in [1.29, 1.82) is 0 Å². The van der Waals surface area contributed by atoms with Crippen LogP contribution in [-0.2, 0) is 6.18 Å². The minimum Gasteiger partial charge on any atom is -0.364 e. The van der Waals surface area contributed by atoms with Gasteiger partial charge in [0.25, 0.3) is 5.91 Å². The number of anilines is 2. The predicted molar refractivity (Wildman–Crippen MR) is 63.1 cm³/mol. The molecule has 0 aromatic carbocycles. The maximum absolute atomic E-state index is 12.6. The number of pyridine rings is 1. The fourth-order valence-electron chi connectivity index (χ4n) is 1.43. The highest BCUT2D eigenvalue weighted by atomic mass is 19.4. The quantitative estimate of drug-likeness (QED) is 0.894. The Kier molecular flexibility index (Phi) is 3.51. The van der Waals surface area contributed by atoms with E-state index in [2.05, 4.69) is 20.5 Å². The van der Waals surface area contributed by atoms with Crippen LogP contribution in [0.25, 0.3) is 0 Å². The van der Waals surface area contributed by atoms with E-state index in [0.717, 1.165) is 18.3 Å². The van der Waals surface area contributed by atoms with Crippen LogP contribution in [-0.4, -0.2) is 21.1 Å². The molecule has 0 atom stereocenters. The van der Waals surface area contributed by atoms with Gasteiger partial charge in [0.05, 0.1) is 17.4 Å². The van der Waals surface area contributed by atoms with E-state index in [0.29, 0.717) is 0 Å². The molecule has 0 aliphatic rings. The van der Waals surface area contributed by atoms with Gasteiger partial charge in [-0.2, -0.15) is 18.3 Å². The number of hydrogen-bond donors (Lipinski definition) is 2. The van der Waals surface area contributed by atoms with Gasteiger partial charge in [0.15, 0.2) is 5.69 Å². The number of hydrogen-bond acceptors (Lipinski definition) is 5. The number of amides is 1. The molecule has 2 aromatic rings. The van der Waals surface area contributed by atoms with E-state index >= 15 is 0 Å². The summed E-state index contributed by atoms with van der Waals surface area (Å²) in [5.41, 5.74) is 4.16. The van der Waals surface area contributed by atoms with Gasteiger partial charge in [-0.1, -0.05) is 0 Å². The van der Waals surface area contributed by atoms with Crippen LogP contribution < -0.4 is 11.1 Å². The Labute approximate surface area is 110 Å². The first-order chi connectivity index (χ1) is 9.38. The fraction of sp³-hybridized carbons (Fsp3) is 0.0909. The summed E-state index contributed by atoms with van der Waals surface area (Å²) < 4.78 is 37.7. The lowest BCUT2D eigenvalue weighted by Crippen LogP contribution is -2.16. The molecule has 6 nitrogen and oxygen atoms in total. The normalized spacial score (nSPS) is 11.2. The maximum Gasteiger partial charge on any atom is 0.416 e. The fourth-order valence-corrected chi connectivity index (χ4v) is 1.43. The molecule has 2 aromatic heterocycles. The lowest BCUT2D eigenvalue weighted by atomic mass is 10.2. The summed E-state index contributed by atoms with van der Waals surface area (Å²) in [6.07, 6.45) is -2.21. The smallest absolute Gasteiger partial charge is 0.364 e. The molecule has 0 aliphatic heterocycles. The number of primary amides is 1. The third-order valence-corrected chi connectivity index (χ3v) is 2.30. The number of nitrogens with one attached hydrogen (secondary N) is 1. The van der Waals surface area contributed by atoms with Crippen LogP contribution in [0.1, 0.15) is 16.1 Å². The Bertz CT molecular complexity index is 644. The number of nitrogens with zero attached hydrogens (tertiary/aromatic N) is 3. The molecule has 0 spiro atoms. The molecule has 0 fully saturated rings. The average molecular weight is 283 g/mol. The molecule has 1 amide bonds. The van der Waals surface area contributed by atoms with E-state index < -0.39 is 17.6 Å². The standard InChI is InChI=1S/C11H8F3N5O/c12-11(13,14)6-1-3-16-8(5-6)18-7-2-4-17-19-9(7)10(15)20/h1-5H,(H2,15,20)(H,16,17,18). The van der Waals surface area contributed by atoms with Gasteiger partial charge in [0.2, 0.25) is 0 Å². The van der Waals surface area contributed by atoms with Gasteiger partial charge in [0, 0.05) is 6.20 Å². The molecule has 104 valence electrons. The number of aromatic nitrogens is 3. The monoisotopic (exact) mass is 283 g/mol.